The number of benzene rings is 4. The van der Waals surface area contributed by atoms with E-state index < -0.39 is 29.6 Å². The van der Waals surface area contributed by atoms with Gasteiger partial charge in [-0.2, -0.15) is 14.0 Å². The molecule has 0 spiro atoms. The molecule has 4 rings (SSSR count). The highest BCUT2D eigenvalue weighted by Gasteiger charge is 2.43. The van der Waals surface area contributed by atoms with Crippen LogP contribution in [0.2, 0.25) is 0 Å². The zero-order valence-corrected chi connectivity index (χ0v) is 17.6. The van der Waals surface area contributed by atoms with Crippen LogP contribution in [-0.2, 0) is 13.7 Å². The van der Waals surface area contributed by atoms with Gasteiger partial charge in [0.15, 0.2) is 0 Å². The minimum absolute atomic E-state index is 0.364. The lowest BCUT2D eigenvalue weighted by Gasteiger charge is -2.18. The molecule has 4 aromatic carbocycles. The molecular formula is C24H16F3NO3S. The van der Waals surface area contributed by atoms with E-state index in [2.05, 4.69) is 8.92 Å². The average Bonchev–Trinajstić information content (AvgIpc) is 2.79. The second-order valence-corrected chi connectivity index (χ2v) is 8.10. The van der Waals surface area contributed by atoms with Crippen LogP contribution in [0.25, 0.3) is 38.4 Å². The van der Waals surface area contributed by atoms with Crippen molar-refractivity contribution in [3.63, 3.8) is 0 Å². The number of alkyl halides is 3. The Balaban J connectivity index is 1.68. The first-order valence-electron chi connectivity index (χ1n) is 9.55. The van der Waals surface area contributed by atoms with Gasteiger partial charge in [-0.3, -0.25) is 0 Å². The van der Waals surface area contributed by atoms with E-state index in [4.69, 9.17) is 0 Å². The smallest absolute Gasteiger partial charge is 0.351 e. The van der Waals surface area contributed by atoms with E-state index in [0.717, 1.165) is 39.4 Å². The fourth-order valence-electron chi connectivity index (χ4n) is 3.66. The molecule has 32 heavy (non-hydrogen) atoms. The molecule has 0 radical (unpaired) electrons. The summed E-state index contributed by atoms with van der Waals surface area (Å²) in [7, 11) is 0.977. The van der Waals surface area contributed by atoms with Gasteiger partial charge >= 0.3 is 11.2 Å². The third kappa shape index (κ3) is 3.97. The molecule has 0 aliphatic rings. The average molecular weight is 455 g/mol. The van der Waals surface area contributed by atoms with Crippen molar-refractivity contribution in [3.05, 3.63) is 65.7 Å². The Morgan fingerprint density at radius 3 is 2.38 bits per heavy atom. The van der Waals surface area contributed by atoms with Crippen LogP contribution >= 0.6 is 12.0 Å². The van der Waals surface area contributed by atoms with Gasteiger partial charge in [0.05, 0.1) is 19.2 Å². The zero-order valence-electron chi connectivity index (χ0n) is 16.8. The maximum atomic E-state index is 13.7. The van der Waals surface area contributed by atoms with Crippen LogP contribution in [0.5, 0.6) is 0 Å². The summed E-state index contributed by atoms with van der Waals surface area (Å²) >= 11 is -0.364. The summed E-state index contributed by atoms with van der Waals surface area (Å²) in [5.74, 6) is -1.18. The van der Waals surface area contributed by atoms with Crippen LogP contribution in [0, 0.1) is 11.3 Å². The van der Waals surface area contributed by atoms with Gasteiger partial charge in [0.25, 0.3) is 0 Å². The summed E-state index contributed by atoms with van der Waals surface area (Å²) in [5, 5.41) is 11.5. The highest BCUT2D eigenvalue weighted by molar-refractivity contribution is 7.95. The van der Waals surface area contributed by atoms with Crippen LogP contribution in [0.15, 0.2) is 60.2 Å². The number of nitriles is 1. The first-order valence-corrected chi connectivity index (χ1v) is 10.3. The second kappa shape index (κ2) is 8.69. The predicted molar refractivity (Wildman–Crippen MR) is 119 cm³/mol. The van der Waals surface area contributed by atoms with Gasteiger partial charge in [-0.15, -0.1) is 0 Å². The normalized spacial score (nSPS) is 13.5. The quantitative estimate of drug-likeness (QED) is 0.108. The van der Waals surface area contributed by atoms with Crippen molar-refractivity contribution < 1.29 is 26.9 Å². The zero-order chi connectivity index (χ0) is 22.9. The number of ether oxygens (including phenoxy) is 1. The summed E-state index contributed by atoms with van der Waals surface area (Å²) < 4.78 is 49.5. The molecule has 162 valence electrons. The van der Waals surface area contributed by atoms with Crippen LogP contribution in [0.4, 0.5) is 13.2 Å². The van der Waals surface area contributed by atoms with E-state index in [0.29, 0.717) is 5.56 Å². The highest BCUT2D eigenvalue weighted by Crippen LogP contribution is 2.37. The molecule has 0 heterocycles. The molecule has 0 saturated carbocycles. The van der Waals surface area contributed by atoms with Gasteiger partial charge in [-0.25, -0.2) is 9.18 Å². The van der Waals surface area contributed by atoms with Crippen molar-refractivity contribution in [3.8, 4) is 6.07 Å². The lowest BCUT2D eigenvalue weighted by atomic mass is 9.91. The molecule has 1 atom stereocenters. The van der Waals surface area contributed by atoms with E-state index >= 15 is 0 Å². The fraction of sp³-hybridized carbons (Fsp3) is 0.167. The molecule has 8 heteroatoms. The molecule has 0 fully saturated rings. The molecule has 0 aromatic heterocycles. The fourth-order valence-corrected chi connectivity index (χ4v) is 4.06. The van der Waals surface area contributed by atoms with Crippen LogP contribution in [0.3, 0.4) is 0 Å². The van der Waals surface area contributed by atoms with Gasteiger partial charge in [0.2, 0.25) is 6.17 Å². The molecule has 0 N–H and O–H groups in total. The van der Waals surface area contributed by atoms with Crippen LogP contribution < -0.4 is 0 Å². The Bertz CT molecular complexity index is 1360. The number of carbonyl (C=O) groups is 1. The van der Waals surface area contributed by atoms with Gasteiger partial charge in [-0.1, -0.05) is 54.6 Å². The van der Waals surface area contributed by atoms with E-state index in [-0.39, 0.29) is 12.0 Å². The van der Waals surface area contributed by atoms with Crippen LogP contribution in [0.1, 0.15) is 5.56 Å². The molecule has 4 nitrogen and oxygen atoms in total. The molecule has 0 saturated heterocycles. The lowest BCUT2D eigenvalue weighted by Crippen LogP contribution is -2.31. The monoisotopic (exact) mass is 455 g/mol. The first-order chi connectivity index (χ1) is 15.4. The number of hydrogen-bond donors (Lipinski definition) is 0. The molecule has 0 bridgehead atoms. The molecule has 0 aliphatic heterocycles. The summed E-state index contributed by atoms with van der Waals surface area (Å²) in [6, 6.07) is 19.2. The van der Waals surface area contributed by atoms with E-state index in [1.165, 1.54) is 6.08 Å². The third-order valence-corrected chi connectivity index (χ3v) is 5.77. The van der Waals surface area contributed by atoms with Crippen LogP contribution in [-0.4, -0.2) is 31.1 Å². The van der Waals surface area contributed by atoms with Crippen molar-refractivity contribution >= 4 is 56.4 Å². The molecule has 4 aromatic rings. The number of carbonyl (C=O) groups excluding carboxylic acids is 1. The van der Waals surface area contributed by atoms with Crippen molar-refractivity contribution in [1.29, 1.82) is 5.26 Å². The number of nitrogens with zero attached hydrogens (tertiary/aromatic N) is 1. The van der Waals surface area contributed by atoms with E-state index in [9.17, 15) is 23.2 Å². The Labute approximate surface area is 185 Å². The molecule has 0 aliphatic carbocycles. The number of esters is 1. The van der Waals surface area contributed by atoms with Crippen molar-refractivity contribution in [2.24, 2.45) is 0 Å². The highest BCUT2D eigenvalue weighted by atomic mass is 32.2. The maximum absolute atomic E-state index is 13.7. The summed E-state index contributed by atoms with van der Waals surface area (Å²) in [5.41, 5.74) is 0.163. The largest absolute Gasteiger partial charge is 0.458 e. The number of hydrogen-bond acceptors (Lipinski definition) is 5. The molecular weight excluding hydrogens is 439 g/mol. The standard InChI is InChI=1S/C24H16F3NO3S/c1-30-32-24(26,27)20(25)13-31-23(29)18(12-28)11-17-8-7-16-6-5-14-3-2-4-15-9-10-19(17)22(16)21(14)15/h2-11,20H,13H2,1H3/b18-11-. The Morgan fingerprint density at radius 1 is 1.09 bits per heavy atom. The predicted octanol–water partition coefficient (Wildman–Crippen LogP) is 6.26. The maximum Gasteiger partial charge on any atom is 0.351 e. The Hall–Kier alpha value is -3.28. The SMILES string of the molecule is COSC(F)(F)C(F)COC(=O)/C(C#N)=C\c1ccc2ccc3cccc4ccc1c2c34. The minimum atomic E-state index is -3.89. The van der Waals surface area contributed by atoms with Crippen molar-refractivity contribution in [1.82, 2.24) is 0 Å². The number of rotatable bonds is 7. The Morgan fingerprint density at radius 2 is 1.72 bits per heavy atom. The lowest BCUT2D eigenvalue weighted by molar-refractivity contribution is -0.143. The van der Waals surface area contributed by atoms with Crippen molar-refractivity contribution in [2.75, 3.05) is 13.7 Å². The van der Waals surface area contributed by atoms with Gasteiger partial charge in [0.1, 0.15) is 18.2 Å². The number of halogens is 3. The second-order valence-electron chi connectivity index (χ2n) is 7.06. The first kappa shape index (κ1) is 21.9. The minimum Gasteiger partial charge on any atom is -0.458 e. The van der Waals surface area contributed by atoms with Gasteiger partial charge in [-0.05, 0) is 44.0 Å². The summed E-state index contributed by atoms with van der Waals surface area (Å²) in [6.07, 6.45) is -1.46. The van der Waals surface area contributed by atoms with Crippen molar-refractivity contribution in [2.45, 2.75) is 11.4 Å². The molecule has 0 amide bonds. The Kier molecular flexibility index (Phi) is 5.96. The van der Waals surface area contributed by atoms with E-state index in [1.807, 2.05) is 48.5 Å². The summed E-state index contributed by atoms with van der Waals surface area (Å²) in [6.45, 7) is -1.21. The van der Waals surface area contributed by atoms with Gasteiger partial charge < -0.3 is 8.92 Å². The topological polar surface area (TPSA) is 59.3 Å². The third-order valence-electron chi connectivity index (χ3n) is 5.12. The van der Waals surface area contributed by atoms with E-state index in [1.54, 1.807) is 12.1 Å². The summed E-state index contributed by atoms with van der Waals surface area (Å²) in [4.78, 5) is 12.3. The molecule has 1 unspecified atom stereocenters. The van der Waals surface area contributed by atoms with Gasteiger partial charge in [0, 0.05) is 0 Å².